The van der Waals surface area contributed by atoms with Crippen LogP contribution in [0.15, 0.2) is 72.9 Å². The molecular weight excluding hydrogens is 1290 g/mol. The zero-order chi connectivity index (χ0) is 74.7. The molecular formula is C93H175NO8P+. The van der Waals surface area contributed by atoms with E-state index < -0.39 is 26.5 Å². The highest BCUT2D eigenvalue weighted by molar-refractivity contribution is 7.47. The minimum Gasteiger partial charge on any atom is -0.462 e. The SMILES string of the molecule is CC/C=C\C/C=C\C/C=C\C/C=C\C/C=C\C/C=C\CCCCCCCCCCCCCCCCCCCCCCCCC(=O)OC(COC(=O)CCCCCCCCCCCCCCCCCCCCCCCCCCCCCCCCCCCCCCCC)COP(=O)(O)OCC[N+](C)(C)C. The zero-order valence-corrected chi connectivity index (χ0v) is 70.2. The maximum atomic E-state index is 13.0. The molecule has 0 aromatic carbocycles. The smallest absolute Gasteiger partial charge is 0.462 e. The van der Waals surface area contributed by atoms with Crippen LogP contribution in [0.2, 0.25) is 0 Å². The second-order valence-electron chi connectivity index (χ2n) is 32.0. The van der Waals surface area contributed by atoms with Gasteiger partial charge in [0.1, 0.15) is 19.8 Å². The molecule has 0 spiro atoms. The first kappa shape index (κ1) is 100. The molecule has 0 rings (SSSR count). The molecule has 0 aliphatic carbocycles. The van der Waals surface area contributed by atoms with Gasteiger partial charge in [-0.25, -0.2) is 4.57 Å². The first-order valence-electron chi connectivity index (χ1n) is 45.2. The highest BCUT2D eigenvalue weighted by Crippen LogP contribution is 2.43. The van der Waals surface area contributed by atoms with Gasteiger partial charge in [0.05, 0.1) is 27.7 Å². The number of nitrogens with zero attached hydrogens (tertiary/aromatic N) is 1. The summed E-state index contributed by atoms with van der Waals surface area (Å²) in [5.41, 5.74) is 0. The number of hydrogen-bond donors (Lipinski definition) is 1. The number of likely N-dealkylation sites (N-methyl/N-ethyl adjacent to an activating group) is 1. The minimum atomic E-state index is -4.40. The highest BCUT2D eigenvalue weighted by Gasteiger charge is 2.27. The van der Waals surface area contributed by atoms with E-state index in [1.54, 1.807) is 0 Å². The van der Waals surface area contributed by atoms with Crippen molar-refractivity contribution in [2.45, 2.75) is 463 Å². The van der Waals surface area contributed by atoms with E-state index >= 15 is 0 Å². The predicted molar refractivity (Wildman–Crippen MR) is 450 cm³/mol. The average Bonchev–Trinajstić information content (AvgIpc) is 0.971. The summed E-state index contributed by atoms with van der Waals surface area (Å²) in [5.74, 6) is -0.771. The van der Waals surface area contributed by atoms with Crippen molar-refractivity contribution in [1.29, 1.82) is 0 Å². The van der Waals surface area contributed by atoms with Crippen molar-refractivity contribution in [3.05, 3.63) is 72.9 Å². The fourth-order valence-corrected chi connectivity index (χ4v) is 14.4. The van der Waals surface area contributed by atoms with Gasteiger partial charge in [0.2, 0.25) is 0 Å². The molecule has 0 amide bonds. The number of unbranched alkanes of at least 4 members (excludes halogenated alkanes) is 59. The van der Waals surface area contributed by atoms with Crippen LogP contribution in [0.1, 0.15) is 457 Å². The van der Waals surface area contributed by atoms with Crippen molar-refractivity contribution >= 4 is 19.8 Å². The number of allylic oxidation sites excluding steroid dienone is 12. The molecule has 2 atom stereocenters. The monoisotopic (exact) mass is 1470 g/mol. The van der Waals surface area contributed by atoms with Crippen LogP contribution < -0.4 is 0 Å². The van der Waals surface area contributed by atoms with Gasteiger partial charge in [-0.1, -0.05) is 453 Å². The fraction of sp³-hybridized carbons (Fsp3) is 0.849. The van der Waals surface area contributed by atoms with Gasteiger partial charge in [-0.3, -0.25) is 18.6 Å². The van der Waals surface area contributed by atoms with E-state index in [0.717, 1.165) is 70.6 Å². The zero-order valence-electron chi connectivity index (χ0n) is 69.3. The van der Waals surface area contributed by atoms with Gasteiger partial charge < -0.3 is 18.9 Å². The van der Waals surface area contributed by atoms with Crippen LogP contribution in [0.4, 0.5) is 0 Å². The third-order valence-electron chi connectivity index (χ3n) is 20.5. The second-order valence-corrected chi connectivity index (χ2v) is 33.4. The summed E-state index contributed by atoms with van der Waals surface area (Å²) in [6.07, 6.45) is 115. The third-order valence-corrected chi connectivity index (χ3v) is 21.5. The number of hydrogen-bond acceptors (Lipinski definition) is 7. The molecule has 0 heterocycles. The molecule has 604 valence electrons. The Hall–Kier alpha value is -2.55. The normalized spacial score (nSPS) is 13.3. The summed E-state index contributed by atoms with van der Waals surface area (Å²) in [6, 6.07) is 0. The van der Waals surface area contributed by atoms with Crippen LogP contribution in [0.25, 0.3) is 0 Å². The Bertz CT molecular complexity index is 1970. The van der Waals surface area contributed by atoms with Crippen LogP contribution >= 0.6 is 7.82 Å². The van der Waals surface area contributed by atoms with E-state index in [0.29, 0.717) is 23.9 Å². The lowest BCUT2D eigenvalue weighted by Crippen LogP contribution is -2.37. The largest absolute Gasteiger partial charge is 0.472 e. The molecule has 103 heavy (non-hydrogen) atoms. The summed E-state index contributed by atoms with van der Waals surface area (Å²) in [7, 11) is 1.50. The average molecular weight is 1470 g/mol. The Morgan fingerprint density at radius 1 is 0.311 bits per heavy atom. The van der Waals surface area contributed by atoms with Crippen LogP contribution in [0.5, 0.6) is 0 Å². The lowest BCUT2D eigenvalue weighted by atomic mass is 10.0. The Labute approximate surface area is 641 Å². The number of phosphoric ester groups is 1. The summed E-state index contributed by atoms with van der Waals surface area (Å²) < 4.78 is 34.9. The number of ether oxygens (including phenoxy) is 2. The maximum absolute atomic E-state index is 13.0. The lowest BCUT2D eigenvalue weighted by Gasteiger charge is -2.24. The van der Waals surface area contributed by atoms with E-state index in [1.807, 2.05) is 21.1 Å². The molecule has 0 aliphatic rings. The van der Waals surface area contributed by atoms with Crippen molar-refractivity contribution in [2.24, 2.45) is 0 Å². The molecule has 0 fully saturated rings. The van der Waals surface area contributed by atoms with Crippen molar-refractivity contribution in [1.82, 2.24) is 0 Å². The fourth-order valence-electron chi connectivity index (χ4n) is 13.7. The molecule has 0 saturated heterocycles. The van der Waals surface area contributed by atoms with Crippen molar-refractivity contribution in [2.75, 3.05) is 47.5 Å². The predicted octanol–water partition coefficient (Wildman–Crippen LogP) is 30.6. The standard InChI is InChI=1S/C93H174NO8P/c1-6-8-10-12-14-16-18-20-22-24-26-28-30-32-34-36-38-40-42-44-46-47-48-50-52-54-56-58-60-62-64-66-68-70-72-74-76-78-80-82-84-86-93(96)102-91(90-101-103(97,98)100-88-87-94(3,4)5)89-99-92(95)85-83-81-79-77-75-73-71-69-67-65-63-61-59-57-55-53-51-49-45-43-41-39-37-35-33-31-29-27-25-23-21-19-17-15-13-11-9-7-2/h8,10,14,16,20,22,26,28,32,34,38,40,91H,6-7,9,11-13,15,17-19,21,23-25,27,29-31,33,35-37,39,41-90H2,1-5H3/p+1/b10-8-,16-14-,22-20-,28-26-,34-32-,40-38-. The summed E-state index contributed by atoms with van der Waals surface area (Å²) in [6.45, 7) is 4.40. The van der Waals surface area contributed by atoms with Crippen LogP contribution in [0.3, 0.4) is 0 Å². The van der Waals surface area contributed by atoms with E-state index in [4.69, 9.17) is 18.5 Å². The second kappa shape index (κ2) is 83.5. The Kier molecular flexibility index (Phi) is 81.4. The van der Waals surface area contributed by atoms with Crippen molar-refractivity contribution in [3.63, 3.8) is 0 Å². The van der Waals surface area contributed by atoms with Gasteiger partial charge in [0.15, 0.2) is 6.10 Å². The molecule has 0 aromatic heterocycles. The molecule has 1 N–H and O–H groups in total. The van der Waals surface area contributed by atoms with Crippen LogP contribution in [0, 0.1) is 0 Å². The molecule has 9 nitrogen and oxygen atoms in total. The van der Waals surface area contributed by atoms with Gasteiger partial charge in [-0.05, 0) is 64.2 Å². The van der Waals surface area contributed by atoms with Gasteiger partial charge in [-0.15, -0.1) is 0 Å². The van der Waals surface area contributed by atoms with E-state index in [2.05, 4.69) is 86.8 Å². The number of rotatable bonds is 85. The molecule has 0 saturated carbocycles. The molecule has 0 aromatic rings. The molecule has 0 aliphatic heterocycles. The summed E-state index contributed by atoms with van der Waals surface area (Å²) in [4.78, 5) is 36.1. The number of carbonyl (C=O) groups excluding carboxylic acids is 2. The molecule has 0 bridgehead atoms. The van der Waals surface area contributed by atoms with Crippen molar-refractivity contribution in [3.8, 4) is 0 Å². The van der Waals surface area contributed by atoms with Gasteiger partial charge in [0, 0.05) is 12.8 Å². The van der Waals surface area contributed by atoms with Crippen LogP contribution in [-0.2, 0) is 32.7 Å². The summed E-state index contributed by atoms with van der Waals surface area (Å²) in [5, 5.41) is 0. The lowest BCUT2D eigenvalue weighted by molar-refractivity contribution is -0.870. The maximum Gasteiger partial charge on any atom is 0.472 e. The van der Waals surface area contributed by atoms with E-state index in [-0.39, 0.29) is 25.6 Å². The van der Waals surface area contributed by atoms with E-state index in [1.165, 1.54) is 353 Å². The molecule has 2 unspecified atom stereocenters. The van der Waals surface area contributed by atoms with Gasteiger partial charge in [-0.2, -0.15) is 0 Å². The topological polar surface area (TPSA) is 108 Å². The number of phosphoric acid groups is 1. The van der Waals surface area contributed by atoms with E-state index in [9.17, 15) is 19.0 Å². The summed E-state index contributed by atoms with van der Waals surface area (Å²) >= 11 is 0. The molecule has 0 radical (unpaired) electrons. The number of quaternary nitrogens is 1. The molecule has 10 heteroatoms. The quantitative estimate of drug-likeness (QED) is 0.0211. The number of carbonyl (C=O) groups is 2. The first-order valence-corrected chi connectivity index (χ1v) is 46.7. The number of esters is 2. The third kappa shape index (κ3) is 88.2. The Balaban J connectivity index is 3.85. The van der Waals surface area contributed by atoms with Gasteiger partial charge >= 0.3 is 19.8 Å². The highest BCUT2D eigenvalue weighted by atomic mass is 31.2. The Morgan fingerprint density at radius 3 is 0.825 bits per heavy atom. The Morgan fingerprint density at radius 2 is 0.553 bits per heavy atom. The minimum absolute atomic E-state index is 0.0343. The van der Waals surface area contributed by atoms with Crippen LogP contribution in [-0.4, -0.2) is 74.9 Å². The van der Waals surface area contributed by atoms with Gasteiger partial charge in [0.25, 0.3) is 0 Å². The first-order chi connectivity index (χ1) is 50.5. The van der Waals surface area contributed by atoms with Crippen molar-refractivity contribution < 1.29 is 42.1 Å².